The molecule has 2 aromatic rings. The molecule has 0 atom stereocenters. The summed E-state index contributed by atoms with van der Waals surface area (Å²) in [5, 5.41) is 3.66. The lowest BCUT2D eigenvalue weighted by Crippen LogP contribution is -2.26. The van der Waals surface area contributed by atoms with Crippen molar-refractivity contribution < 1.29 is 4.79 Å². The van der Waals surface area contributed by atoms with E-state index in [0.717, 1.165) is 12.1 Å². The zero-order chi connectivity index (χ0) is 16.8. The van der Waals surface area contributed by atoms with Gasteiger partial charge in [0.15, 0.2) is 0 Å². The third kappa shape index (κ3) is 4.59. The molecule has 1 amide bonds. The molecule has 1 N–H and O–H groups in total. The average Bonchev–Trinajstić information content (AvgIpc) is 3.09. The Bertz CT molecular complexity index is 696. The Morgan fingerprint density at radius 1 is 0.958 bits per heavy atom. The van der Waals surface area contributed by atoms with Crippen molar-refractivity contribution in [1.82, 2.24) is 10.2 Å². The van der Waals surface area contributed by atoms with Crippen molar-refractivity contribution in [2.45, 2.75) is 32.4 Å². The fourth-order valence-corrected chi connectivity index (χ4v) is 3.34. The average molecular weight is 343 g/mol. The summed E-state index contributed by atoms with van der Waals surface area (Å²) in [7, 11) is 0. The topological polar surface area (TPSA) is 32.3 Å². The highest BCUT2D eigenvalue weighted by Crippen LogP contribution is 2.17. The first-order chi connectivity index (χ1) is 11.7. The molecule has 0 aliphatic carbocycles. The zero-order valence-electron chi connectivity index (χ0n) is 13.8. The molecule has 0 radical (unpaired) electrons. The molecule has 0 unspecified atom stereocenters. The van der Waals surface area contributed by atoms with Gasteiger partial charge in [-0.1, -0.05) is 54.1 Å². The molecule has 24 heavy (non-hydrogen) atoms. The van der Waals surface area contributed by atoms with E-state index in [2.05, 4.69) is 28.4 Å². The van der Waals surface area contributed by atoms with Crippen molar-refractivity contribution in [1.29, 1.82) is 0 Å². The normalized spacial score (nSPS) is 14.7. The van der Waals surface area contributed by atoms with Crippen LogP contribution in [0.2, 0.25) is 5.02 Å². The predicted octanol–water partition coefficient (Wildman–Crippen LogP) is 3.79. The maximum atomic E-state index is 12.2. The molecular formula is C20H23ClN2O. The monoisotopic (exact) mass is 342 g/mol. The largest absolute Gasteiger partial charge is 0.352 e. The zero-order valence-corrected chi connectivity index (χ0v) is 14.6. The van der Waals surface area contributed by atoms with Crippen LogP contribution in [0.4, 0.5) is 0 Å². The van der Waals surface area contributed by atoms with Crippen LogP contribution < -0.4 is 5.32 Å². The van der Waals surface area contributed by atoms with Crippen LogP contribution in [-0.4, -0.2) is 23.9 Å². The Hall–Kier alpha value is -1.84. The number of carbonyl (C=O) groups excluding carboxylic acids is 1. The van der Waals surface area contributed by atoms with Gasteiger partial charge in [0.2, 0.25) is 5.91 Å². The van der Waals surface area contributed by atoms with Gasteiger partial charge in [-0.05, 0) is 48.7 Å². The summed E-state index contributed by atoms with van der Waals surface area (Å²) < 4.78 is 0. The molecule has 126 valence electrons. The number of carbonyl (C=O) groups is 1. The van der Waals surface area contributed by atoms with Crippen LogP contribution in [0, 0.1) is 0 Å². The van der Waals surface area contributed by atoms with Gasteiger partial charge >= 0.3 is 0 Å². The Morgan fingerprint density at radius 3 is 2.29 bits per heavy atom. The lowest BCUT2D eigenvalue weighted by Gasteiger charge is -2.17. The highest BCUT2D eigenvalue weighted by molar-refractivity contribution is 6.31. The van der Waals surface area contributed by atoms with Gasteiger partial charge in [0, 0.05) is 18.1 Å². The number of nitrogens with zero attached hydrogens (tertiary/aromatic N) is 1. The van der Waals surface area contributed by atoms with Crippen LogP contribution >= 0.6 is 11.6 Å². The lowest BCUT2D eigenvalue weighted by atomic mass is 10.1. The molecule has 3 nitrogen and oxygen atoms in total. The van der Waals surface area contributed by atoms with Gasteiger partial charge in [0.1, 0.15) is 0 Å². The van der Waals surface area contributed by atoms with E-state index in [1.165, 1.54) is 37.1 Å². The molecule has 4 heteroatoms. The van der Waals surface area contributed by atoms with E-state index in [1.807, 2.05) is 30.3 Å². The number of hydrogen-bond donors (Lipinski definition) is 1. The predicted molar refractivity (Wildman–Crippen MR) is 98.0 cm³/mol. The first-order valence-electron chi connectivity index (χ1n) is 8.51. The minimum absolute atomic E-state index is 0.000856. The molecule has 2 aromatic carbocycles. The summed E-state index contributed by atoms with van der Waals surface area (Å²) in [5.41, 5.74) is 3.36. The van der Waals surface area contributed by atoms with Crippen molar-refractivity contribution in [3.05, 3.63) is 70.2 Å². The number of nitrogens with one attached hydrogen (secondary N) is 1. The van der Waals surface area contributed by atoms with Crippen LogP contribution in [0.5, 0.6) is 0 Å². The van der Waals surface area contributed by atoms with Crippen molar-refractivity contribution in [2.24, 2.45) is 0 Å². The third-order valence-corrected chi connectivity index (χ3v) is 4.86. The van der Waals surface area contributed by atoms with Crippen LogP contribution in [0.3, 0.4) is 0 Å². The summed E-state index contributed by atoms with van der Waals surface area (Å²) in [4.78, 5) is 14.7. The number of rotatable bonds is 6. The van der Waals surface area contributed by atoms with Crippen LogP contribution in [-0.2, 0) is 24.3 Å². The van der Waals surface area contributed by atoms with Gasteiger partial charge in [-0.25, -0.2) is 0 Å². The van der Waals surface area contributed by atoms with Crippen molar-refractivity contribution >= 4 is 17.5 Å². The smallest absolute Gasteiger partial charge is 0.224 e. The van der Waals surface area contributed by atoms with E-state index in [9.17, 15) is 4.79 Å². The van der Waals surface area contributed by atoms with Crippen LogP contribution in [0.15, 0.2) is 48.5 Å². The molecule has 3 rings (SSSR count). The maximum absolute atomic E-state index is 12.2. The van der Waals surface area contributed by atoms with Gasteiger partial charge < -0.3 is 5.32 Å². The van der Waals surface area contributed by atoms with E-state index in [-0.39, 0.29) is 5.91 Å². The second kappa shape index (κ2) is 8.32. The minimum Gasteiger partial charge on any atom is -0.352 e. The Morgan fingerprint density at radius 2 is 1.58 bits per heavy atom. The highest BCUT2D eigenvalue weighted by Gasteiger charge is 2.14. The minimum atomic E-state index is -0.000856. The molecule has 0 spiro atoms. The van der Waals surface area contributed by atoms with E-state index < -0.39 is 0 Å². The van der Waals surface area contributed by atoms with Gasteiger partial charge in [-0.2, -0.15) is 0 Å². The summed E-state index contributed by atoms with van der Waals surface area (Å²) >= 11 is 6.12. The van der Waals surface area contributed by atoms with Crippen LogP contribution in [0.25, 0.3) is 0 Å². The second-order valence-corrected chi connectivity index (χ2v) is 6.70. The van der Waals surface area contributed by atoms with Gasteiger partial charge in [-0.15, -0.1) is 0 Å². The first kappa shape index (κ1) is 17.0. The number of likely N-dealkylation sites (tertiary alicyclic amines) is 1. The molecule has 1 fully saturated rings. The van der Waals surface area contributed by atoms with Crippen molar-refractivity contribution in [3.63, 3.8) is 0 Å². The van der Waals surface area contributed by atoms with E-state index in [4.69, 9.17) is 11.6 Å². The van der Waals surface area contributed by atoms with Gasteiger partial charge in [-0.3, -0.25) is 9.69 Å². The fraction of sp³-hybridized carbons (Fsp3) is 0.350. The maximum Gasteiger partial charge on any atom is 0.224 e. The van der Waals surface area contributed by atoms with Crippen molar-refractivity contribution in [2.75, 3.05) is 13.1 Å². The summed E-state index contributed by atoms with van der Waals surface area (Å²) in [6.45, 7) is 3.88. The summed E-state index contributed by atoms with van der Waals surface area (Å²) in [6.07, 6.45) is 2.89. The fourth-order valence-electron chi connectivity index (χ4n) is 3.14. The summed E-state index contributed by atoms with van der Waals surface area (Å²) in [5.74, 6) is -0.000856. The first-order valence-corrected chi connectivity index (χ1v) is 8.89. The quantitative estimate of drug-likeness (QED) is 0.866. The second-order valence-electron chi connectivity index (χ2n) is 6.30. The number of benzene rings is 2. The number of hydrogen-bond acceptors (Lipinski definition) is 2. The summed E-state index contributed by atoms with van der Waals surface area (Å²) in [6, 6.07) is 15.8. The molecule has 0 saturated carbocycles. The van der Waals surface area contributed by atoms with E-state index in [1.54, 1.807) is 0 Å². The molecule has 0 aromatic heterocycles. The SMILES string of the molecule is O=C(Cc1ccccc1Cl)NCc1ccccc1CN1CCCC1. The van der Waals surface area contributed by atoms with Gasteiger partial charge in [0.05, 0.1) is 6.42 Å². The lowest BCUT2D eigenvalue weighted by molar-refractivity contribution is -0.120. The highest BCUT2D eigenvalue weighted by atomic mass is 35.5. The number of halogens is 1. The van der Waals surface area contributed by atoms with Gasteiger partial charge in [0.25, 0.3) is 0 Å². The molecular weight excluding hydrogens is 320 g/mol. The molecule has 1 aliphatic heterocycles. The van der Waals surface area contributed by atoms with E-state index in [0.29, 0.717) is 18.0 Å². The number of amides is 1. The molecule has 1 aliphatic rings. The molecule has 0 bridgehead atoms. The van der Waals surface area contributed by atoms with E-state index >= 15 is 0 Å². The Balaban J connectivity index is 1.58. The van der Waals surface area contributed by atoms with Crippen molar-refractivity contribution in [3.8, 4) is 0 Å². The molecule has 1 heterocycles. The Labute approximate surface area is 148 Å². The van der Waals surface area contributed by atoms with Crippen LogP contribution in [0.1, 0.15) is 29.5 Å². The third-order valence-electron chi connectivity index (χ3n) is 4.50. The standard InChI is InChI=1S/C20H23ClN2O/c21-19-10-4-3-7-16(19)13-20(24)22-14-17-8-1-2-9-18(17)15-23-11-5-6-12-23/h1-4,7-10H,5-6,11-15H2,(H,22,24). The molecule has 1 saturated heterocycles. The Kier molecular flexibility index (Phi) is 5.89.